The summed E-state index contributed by atoms with van der Waals surface area (Å²) in [4.78, 5) is 25.3. The number of rotatable bonds is 7. The van der Waals surface area contributed by atoms with Crippen LogP contribution >= 0.6 is 0 Å². The second-order valence-electron chi connectivity index (χ2n) is 7.18. The normalized spacial score (nSPS) is 12.1. The maximum atomic E-state index is 11.9. The average Bonchev–Trinajstić information content (AvgIpc) is 3.46. The number of H-pyrrole nitrogens is 1. The monoisotopic (exact) mass is 445 g/mol. The van der Waals surface area contributed by atoms with Gasteiger partial charge in [-0.2, -0.15) is 4.98 Å². The fourth-order valence-electron chi connectivity index (χ4n) is 3.41. The first-order valence-corrected chi connectivity index (χ1v) is 10.0. The standard InChI is InChI=1S/C21H19N9O3/c1-30-18-13(19(32)29-30)7-8-16(25-18)26-21-22-9-14(20-28-23-11-33-20)17(27-21)24-15(10-31)12-5-3-2-4-6-12/h2-9,11,15,31H,10H2,1H3,(H,29,32)(H2,22,24,25,26,27)/t15-/m1/s1. The van der Waals surface area contributed by atoms with E-state index in [0.29, 0.717) is 28.2 Å². The zero-order valence-electron chi connectivity index (χ0n) is 17.4. The first-order valence-electron chi connectivity index (χ1n) is 10.0. The summed E-state index contributed by atoms with van der Waals surface area (Å²) in [5.41, 5.74) is 1.64. The van der Waals surface area contributed by atoms with Crippen LogP contribution in [0, 0.1) is 0 Å². The number of aliphatic hydroxyl groups is 1. The van der Waals surface area contributed by atoms with Crippen LogP contribution in [0.25, 0.3) is 22.5 Å². The molecule has 0 saturated carbocycles. The first-order chi connectivity index (χ1) is 16.1. The Bertz CT molecular complexity index is 1450. The third kappa shape index (κ3) is 4.02. The Balaban J connectivity index is 1.50. The molecule has 0 bridgehead atoms. The van der Waals surface area contributed by atoms with E-state index in [-0.39, 0.29) is 24.0 Å². The molecule has 0 aliphatic heterocycles. The summed E-state index contributed by atoms with van der Waals surface area (Å²) in [6, 6.07) is 12.4. The fourth-order valence-corrected chi connectivity index (χ4v) is 3.41. The number of aryl methyl sites for hydroxylation is 1. The van der Waals surface area contributed by atoms with Gasteiger partial charge in [0.05, 0.1) is 23.6 Å². The predicted molar refractivity (Wildman–Crippen MR) is 120 cm³/mol. The molecule has 166 valence electrons. The molecule has 0 fully saturated rings. The Labute approximate surface area is 186 Å². The Morgan fingerprint density at radius 2 is 2.03 bits per heavy atom. The van der Waals surface area contributed by atoms with Gasteiger partial charge in [0.2, 0.25) is 12.3 Å². The van der Waals surface area contributed by atoms with Crippen molar-refractivity contribution in [1.82, 2.24) is 34.9 Å². The van der Waals surface area contributed by atoms with E-state index in [9.17, 15) is 9.90 Å². The molecule has 0 spiro atoms. The Morgan fingerprint density at radius 1 is 1.18 bits per heavy atom. The predicted octanol–water partition coefficient (Wildman–Crippen LogP) is 1.99. The van der Waals surface area contributed by atoms with Crippen LogP contribution in [0.15, 0.2) is 64.3 Å². The second-order valence-corrected chi connectivity index (χ2v) is 7.18. The van der Waals surface area contributed by atoms with Crippen LogP contribution in [0.1, 0.15) is 11.6 Å². The van der Waals surface area contributed by atoms with Gasteiger partial charge >= 0.3 is 0 Å². The van der Waals surface area contributed by atoms with Gasteiger partial charge in [0.1, 0.15) is 11.6 Å². The van der Waals surface area contributed by atoms with Gasteiger partial charge in [-0.05, 0) is 17.7 Å². The molecule has 0 unspecified atom stereocenters. The molecule has 1 aromatic carbocycles. The summed E-state index contributed by atoms with van der Waals surface area (Å²) in [6.07, 6.45) is 2.75. The summed E-state index contributed by atoms with van der Waals surface area (Å²) >= 11 is 0. The largest absolute Gasteiger partial charge is 0.423 e. The Hall–Kier alpha value is -4.58. The molecular formula is C21H19N9O3. The highest BCUT2D eigenvalue weighted by molar-refractivity contribution is 5.77. The van der Waals surface area contributed by atoms with E-state index >= 15 is 0 Å². The molecule has 12 nitrogen and oxygen atoms in total. The molecule has 4 heterocycles. The lowest BCUT2D eigenvalue weighted by atomic mass is 10.1. The van der Waals surface area contributed by atoms with E-state index in [2.05, 4.69) is 40.9 Å². The molecule has 5 rings (SSSR count). The van der Waals surface area contributed by atoms with Gasteiger partial charge in [0.25, 0.3) is 11.4 Å². The number of aliphatic hydroxyl groups excluding tert-OH is 1. The minimum atomic E-state index is -0.431. The maximum Gasteiger partial charge on any atom is 0.273 e. The molecule has 33 heavy (non-hydrogen) atoms. The van der Waals surface area contributed by atoms with Crippen LogP contribution in [-0.4, -0.2) is 46.6 Å². The van der Waals surface area contributed by atoms with Crippen molar-refractivity contribution in [1.29, 1.82) is 0 Å². The lowest BCUT2D eigenvalue weighted by Crippen LogP contribution is -2.17. The fraction of sp³-hybridized carbons (Fsp3) is 0.143. The van der Waals surface area contributed by atoms with Crippen molar-refractivity contribution < 1.29 is 9.52 Å². The van der Waals surface area contributed by atoms with E-state index in [1.165, 1.54) is 12.6 Å². The van der Waals surface area contributed by atoms with Crippen molar-refractivity contribution in [3.8, 4) is 11.5 Å². The smallest absolute Gasteiger partial charge is 0.273 e. The molecule has 0 saturated heterocycles. The number of anilines is 3. The number of nitrogens with zero attached hydrogens (tertiary/aromatic N) is 6. The molecule has 12 heteroatoms. The van der Waals surface area contributed by atoms with E-state index in [1.54, 1.807) is 23.9 Å². The third-order valence-corrected chi connectivity index (χ3v) is 5.02. The van der Waals surface area contributed by atoms with Gasteiger partial charge < -0.3 is 20.2 Å². The summed E-state index contributed by atoms with van der Waals surface area (Å²) in [5.74, 6) is 1.32. The molecule has 4 N–H and O–H groups in total. The molecule has 0 amide bonds. The molecule has 0 radical (unpaired) electrons. The van der Waals surface area contributed by atoms with Crippen LogP contribution in [0.5, 0.6) is 0 Å². The minimum Gasteiger partial charge on any atom is -0.423 e. The van der Waals surface area contributed by atoms with E-state index in [4.69, 9.17) is 4.42 Å². The summed E-state index contributed by atoms with van der Waals surface area (Å²) < 4.78 is 6.87. The summed E-state index contributed by atoms with van der Waals surface area (Å²) in [6.45, 7) is -0.167. The second kappa shape index (κ2) is 8.51. The zero-order chi connectivity index (χ0) is 22.8. The van der Waals surface area contributed by atoms with Gasteiger partial charge in [0, 0.05) is 13.2 Å². The van der Waals surface area contributed by atoms with Crippen LogP contribution in [0.3, 0.4) is 0 Å². The van der Waals surface area contributed by atoms with Gasteiger partial charge in [0.15, 0.2) is 5.65 Å². The maximum absolute atomic E-state index is 11.9. The zero-order valence-corrected chi connectivity index (χ0v) is 17.4. The average molecular weight is 445 g/mol. The SMILES string of the molecule is Cn1[nH]c(=O)c2ccc(Nc3ncc(-c4nnco4)c(N[C@H](CO)c4ccccc4)n3)nc21. The van der Waals surface area contributed by atoms with Crippen LogP contribution in [0.4, 0.5) is 17.6 Å². The highest BCUT2D eigenvalue weighted by Gasteiger charge is 2.19. The van der Waals surface area contributed by atoms with E-state index in [1.807, 2.05) is 30.3 Å². The van der Waals surface area contributed by atoms with Crippen LogP contribution in [0.2, 0.25) is 0 Å². The Morgan fingerprint density at radius 3 is 2.79 bits per heavy atom. The number of fused-ring (bicyclic) bond motifs is 1. The van der Waals surface area contributed by atoms with Crippen molar-refractivity contribution in [3.63, 3.8) is 0 Å². The number of nitrogens with one attached hydrogen (secondary N) is 3. The number of benzene rings is 1. The summed E-state index contributed by atoms with van der Waals surface area (Å²) in [7, 11) is 1.71. The van der Waals surface area contributed by atoms with Crippen molar-refractivity contribution in [2.75, 3.05) is 17.2 Å². The minimum absolute atomic E-state index is 0.167. The first kappa shape index (κ1) is 20.3. The molecule has 5 aromatic rings. The lowest BCUT2D eigenvalue weighted by molar-refractivity contribution is 0.276. The molecular weight excluding hydrogens is 426 g/mol. The van der Waals surface area contributed by atoms with Crippen molar-refractivity contribution >= 4 is 28.6 Å². The molecule has 0 aliphatic rings. The molecule has 0 aliphatic carbocycles. The highest BCUT2D eigenvalue weighted by atomic mass is 16.4. The van der Waals surface area contributed by atoms with E-state index < -0.39 is 6.04 Å². The van der Waals surface area contributed by atoms with Gasteiger partial charge in [-0.15, -0.1) is 10.2 Å². The Kier molecular flexibility index (Phi) is 5.24. The number of pyridine rings is 1. The number of hydrogen-bond donors (Lipinski definition) is 4. The van der Waals surface area contributed by atoms with Crippen molar-refractivity contribution in [2.24, 2.45) is 7.05 Å². The van der Waals surface area contributed by atoms with Crippen LogP contribution in [-0.2, 0) is 7.05 Å². The highest BCUT2D eigenvalue weighted by Crippen LogP contribution is 2.29. The molecule has 4 aromatic heterocycles. The lowest BCUT2D eigenvalue weighted by Gasteiger charge is -2.19. The van der Waals surface area contributed by atoms with Crippen LogP contribution < -0.4 is 16.2 Å². The van der Waals surface area contributed by atoms with Gasteiger partial charge in [-0.25, -0.2) is 9.97 Å². The molecule has 1 atom stereocenters. The third-order valence-electron chi connectivity index (χ3n) is 5.02. The van der Waals surface area contributed by atoms with Gasteiger partial charge in [-0.1, -0.05) is 30.3 Å². The topological polar surface area (TPSA) is 160 Å². The van der Waals surface area contributed by atoms with E-state index in [0.717, 1.165) is 5.56 Å². The van der Waals surface area contributed by atoms with Crippen molar-refractivity contribution in [2.45, 2.75) is 6.04 Å². The van der Waals surface area contributed by atoms with Gasteiger partial charge in [-0.3, -0.25) is 14.6 Å². The summed E-state index contributed by atoms with van der Waals surface area (Å²) in [5, 5.41) is 27.1. The van der Waals surface area contributed by atoms with Crippen molar-refractivity contribution in [3.05, 3.63) is 71.0 Å². The number of aromatic amines is 1. The quantitative estimate of drug-likeness (QED) is 0.292. The number of aromatic nitrogens is 7. The number of hydrogen-bond acceptors (Lipinski definition) is 10.